The average Bonchev–Trinajstić information content (AvgIpc) is 2.94. The van der Waals surface area contributed by atoms with Crippen LogP contribution < -0.4 is 5.56 Å². The zero-order valence-electron chi connectivity index (χ0n) is 12.8. The Bertz CT molecular complexity index is 699. The highest BCUT2D eigenvalue weighted by atomic mass is 35.5. The molecule has 1 aromatic carbocycles. The number of H-pyrrole nitrogens is 1. The Balaban J connectivity index is 0.00000176. The number of aromatic nitrogens is 1. The number of halogens is 1. The van der Waals surface area contributed by atoms with E-state index < -0.39 is 0 Å². The number of aliphatic hydroxyl groups excluding tert-OH is 1. The molecule has 0 radical (unpaired) electrons. The predicted molar refractivity (Wildman–Crippen MR) is 91.9 cm³/mol. The van der Waals surface area contributed by atoms with Gasteiger partial charge in [0, 0.05) is 30.1 Å². The molecule has 2 aromatic rings. The van der Waals surface area contributed by atoms with Gasteiger partial charge >= 0.3 is 0 Å². The molecule has 4 nitrogen and oxygen atoms in total. The molecule has 0 bridgehead atoms. The molecule has 1 unspecified atom stereocenters. The van der Waals surface area contributed by atoms with Crippen molar-refractivity contribution in [3.05, 3.63) is 45.9 Å². The summed E-state index contributed by atoms with van der Waals surface area (Å²) in [7, 11) is 0. The van der Waals surface area contributed by atoms with Crippen molar-refractivity contribution in [3.63, 3.8) is 0 Å². The van der Waals surface area contributed by atoms with Gasteiger partial charge in [0.1, 0.15) is 0 Å². The third-order valence-electron chi connectivity index (χ3n) is 4.54. The molecule has 2 N–H and O–H groups in total. The van der Waals surface area contributed by atoms with E-state index in [-0.39, 0.29) is 24.6 Å². The van der Waals surface area contributed by atoms with Crippen LogP contribution in [-0.4, -0.2) is 40.7 Å². The maximum Gasteiger partial charge on any atom is 0.256 e. The van der Waals surface area contributed by atoms with E-state index in [9.17, 15) is 9.90 Å². The van der Waals surface area contributed by atoms with Crippen molar-refractivity contribution in [1.29, 1.82) is 0 Å². The fourth-order valence-corrected chi connectivity index (χ4v) is 3.29. The number of rotatable bonds is 4. The minimum atomic E-state index is -0.00803. The predicted octanol–water partition coefficient (Wildman–Crippen LogP) is 2.26. The second-order valence-electron chi connectivity index (χ2n) is 5.92. The molecule has 1 aromatic heterocycles. The van der Waals surface area contributed by atoms with Crippen LogP contribution in [-0.2, 0) is 6.42 Å². The molecular formula is C17H23ClN2O2. The van der Waals surface area contributed by atoms with Crippen molar-refractivity contribution in [2.75, 3.05) is 19.7 Å². The lowest BCUT2D eigenvalue weighted by molar-refractivity contribution is 0.160. The van der Waals surface area contributed by atoms with Gasteiger partial charge in [0.05, 0.1) is 6.61 Å². The number of aromatic amines is 1. The van der Waals surface area contributed by atoms with Crippen molar-refractivity contribution in [3.8, 4) is 0 Å². The van der Waals surface area contributed by atoms with Gasteiger partial charge in [0.2, 0.25) is 0 Å². The van der Waals surface area contributed by atoms with Gasteiger partial charge in [0.25, 0.3) is 5.56 Å². The van der Waals surface area contributed by atoms with Crippen LogP contribution in [0, 0.1) is 6.92 Å². The van der Waals surface area contributed by atoms with Gasteiger partial charge in [-0.25, -0.2) is 0 Å². The van der Waals surface area contributed by atoms with Gasteiger partial charge in [-0.15, -0.1) is 12.4 Å². The molecule has 1 aliphatic heterocycles. The number of hydrogen-bond donors (Lipinski definition) is 2. The molecule has 22 heavy (non-hydrogen) atoms. The highest BCUT2D eigenvalue weighted by molar-refractivity contribution is 5.85. The highest BCUT2D eigenvalue weighted by Gasteiger charge is 2.23. The molecular weight excluding hydrogens is 300 g/mol. The van der Waals surface area contributed by atoms with Gasteiger partial charge < -0.3 is 10.1 Å². The number of benzene rings is 1. The van der Waals surface area contributed by atoms with Gasteiger partial charge in [-0.3, -0.25) is 9.69 Å². The lowest BCUT2D eigenvalue weighted by atomic mass is 10.1. The van der Waals surface area contributed by atoms with E-state index in [1.807, 2.05) is 25.1 Å². The Morgan fingerprint density at radius 2 is 2.18 bits per heavy atom. The Labute approximate surface area is 136 Å². The summed E-state index contributed by atoms with van der Waals surface area (Å²) in [6, 6.07) is 8.21. The van der Waals surface area contributed by atoms with Crippen LogP contribution in [0.5, 0.6) is 0 Å². The standard InChI is InChI=1S/C17H22N2O2.ClH/c1-12-4-2-6-15-16(12)10-13(18-17(15)21)7-9-19-8-3-5-14(19)11-20;/h2,4,6,10,14,20H,3,5,7-9,11H2,1H3,(H,18,21);1H. The third-order valence-corrected chi connectivity index (χ3v) is 4.54. The molecule has 3 rings (SSSR count). The number of hydrogen-bond acceptors (Lipinski definition) is 3. The zero-order valence-corrected chi connectivity index (χ0v) is 13.7. The molecule has 0 saturated carbocycles. The number of likely N-dealkylation sites (tertiary alicyclic amines) is 1. The van der Waals surface area contributed by atoms with E-state index in [0.29, 0.717) is 6.04 Å². The number of nitrogens with zero attached hydrogens (tertiary/aromatic N) is 1. The van der Waals surface area contributed by atoms with Gasteiger partial charge in [-0.2, -0.15) is 0 Å². The summed E-state index contributed by atoms with van der Waals surface area (Å²) in [6.45, 7) is 4.20. The van der Waals surface area contributed by atoms with Crippen LogP contribution in [0.25, 0.3) is 10.8 Å². The lowest BCUT2D eigenvalue weighted by Crippen LogP contribution is -2.34. The summed E-state index contributed by atoms with van der Waals surface area (Å²) in [4.78, 5) is 17.5. The quantitative estimate of drug-likeness (QED) is 0.908. The molecule has 5 heteroatoms. The van der Waals surface area contributed by atoms with Crippen molar-refractivity contribution < 1.29 is 5.11 Å². The zero-order chi connectivity index (χ0) is 14.8. The molecule has 0 spiro atoms. The normalized spacial score (nSPS) is 18.5. The van der Waals surface area contributed by atoms with Crippen molar-refractivity contribution in [2.24, 2.45) is 0 Å². The Hall–Kier alpha value is -1.36. The number of nitrogens with one attached hydrogen (secondary N) is 1. The van der Waals surface area contributed by atoms with Crippen LogP contribution in [0.1, 0.15) is 24.1 Å². The third kappa shape index (κ3) is 3.35. The van der Waals surface area contributed by atoms with Crippen LogP contribution >= 0.6 is 12.4 Å². The van der Waals surface area contributed by atoms with Crippen LogP contribution in [0.3, 0.4) is 0 Å². The smallest absolute Gasteiger partial charge is 0.256 e. The van der Waals surface area contributed by atoms with E-state index in [4.69, 9.17) is 0 Å². The molecule has 1 fully saturated rings. The highest BCUT2D eigenvalue weighted by Crippen LogP contribution is 2.18. The van der Waals surface area contributed by atoms with Crippen LogP contribution in [0.15, 0.2) is 29.1 Å². The lowest BCUT2D eigenvalue weighted by Gasteiger charge is -2.22. The number of fused-ring (bicyclic) bond motifs is 1. The number of pyridine rings is 1. The number of aliphatic hydroxyl groups is 1. The maximum absolute atomic E-state index is 12.2. The molecule has 120 valence electrons. The van der Waals surface area contributed by atoms with Crippen LogP contribution in [0.2, 0.25) is 0 Å². The van der Waals surface area contributed by atoms with Crippen molar-refractivity contribution >= 4 is 23.2 Å². The first-order valence-electron chi connectivity index (χ1n) is 7.65. The number of aryl methyl sites for hydroxylation is 1. The summed E-state index contributed by atoms with van der Waals surface area (Å²) in [6.07, 6.45) is 3.04. The Morgan fingerprint density at radius 1 is 1.36 bits per heavy atom. The monoisotopic (exact) mass is 322 g/mol. The second-order valence-corrected chi connectivity index (χ2v) is 5.92. The van der Waals surface area contributed by atoms with E-state index in [0.717, 1.165) is 54.4 Å². The largest absolute Gasteiger partial charge is 0.395 e. The minimum absolute atomic E-state index is 0. The van der Waals surface area contributed by atoms with Crippen molar-refractivity contribution in [2.45, 2.75) is 32.2 Å². The first-order valence-corrected chi connectivity index (χ1v) is 7.65. The molecule has 1 saturated heterocycles. The van der Waals surface area contributed by atoms with E-state index in [2.05, 4.69) is 16.0 Å². The molecule has 0 aliphatic carbocycles. The molecule has 1 aliphatic rings. The topological polar surface area (TPSA) is 56.3 Å². The van der Waals surface area contributed by atoms with Gasteiger partial charge in [-0.1, -0.05) is 12.1 Å². The summed E-state index contributed by atoms with van der Waals surface area (Å²) >= 11 is 0. The summed E-state index contributed by atoms with van der Waals surface area (Å²) in [5.74, 6) is 0. The van der Waals surface area contributed by atoms with Crippen LogP contribution in [0.4, 0.5) is 0 Å². The first-order chi connectivity index (χ1) is 10.2. The van der Waals surface area contributed by atoms with E-state index in [1.165, 1.54) is 0 Å². The Kier molecular flexibility index (Phi) is 5.62. The molecule has 2 heterocycles. The maximum atomic E-state index is 12.2. The van der Waals surface area contributed by atoms with Gasteiger partial charge in [-0.05, 0) is 49.4 Å². The van der Waals surface area contributed by atoms with Gasteiger partial charge in [0.15, 0.2) is 0 Å². The Morgan fingerprint density at radius 3 is 2.95 bits per heavy atom. The fourth-order valence-electron chi connectivity index (χ4n) is 3.29. The average molecular weight is 323 g/mol. The summed E-state index contributed by atoms with van der Waals surface area (Å²) in [5, 5.41) is 11.2. The summed E-state index contributed by atoms with van der Waals surface area (Å²) < 4.78 is 0. The molecule has 0 amide bonds. The van der Waals surface area contributed by atoms with E-state index >= 15 is 0 Å². The second kappa shape index (κ2) is 7.27. The fraction of sp³-hybridized carbons (Fsp3) is 0.471. The summed E-state index contributed by atoms with van der Waals surface area (Å²) in [5.41, 5.74) is 2.10. The molecule has 1 atom stereocenters. The van der Waals surface area contributed by atoms with Crippen molar-refractivity contribution in [1.82, 2.24) is 9.88 Å². The first kappa shape index (κ1) is 17.0. The minimum Gasteiger partial charge on any atom is -0.395 e. The SMILES string of the molecule is Cc1cccc2c(=O)[nH]c(CCN3CCCC3CO)cc12.Cl. The van der Waals surface area contributed by atoms with E-state index in [1.54, 1.807) is 0 Å².